The number of hydrogen-bond acceptors (Lipinski definition) is 1. The zero-order valence-corrected chi connectivity index (χ0v) is 24.7. The highest BCUT2D eigenvalue weighted by molar-refractivity contribution is 6.69. The van der Waals surface area contributed by atoms with Gasteiger partial charge in [-0.15, -0.1) is 16.4 Å². The van der Waals surface area contributed by atoms with Gasteiger partial charge >= 0.3 is 0 Å². The third kappa shape index (κ3) is 3.92. The minimum atomic E-state index is -0.214. The lowest BCUT2D eigenvalue weighted by Crippen LogP contribution is -2.48. The van der Waals surface area contributed by atoms with Gasteiger partial charge in [0.2, 0.25) is 0 Å². The second-order valence-electron chi connectivity index (χ2n) is 11.7. The Morgan fingerprint density at radius 1 is 0.370 bits per heavy atom. The maximum absolute atomic E-state index is 11.8. The van der Waals surface area contributed by atoms with Crippen molar-refractivity contribution < 1.29 is 5.11 Å². The second-order valence-corrected chi connectivity index (χ2v) is 11.7. The lowest BCUT2D eigenvalue weighted by Gasteiger charge is -2.28. The van der Waals surface area contributed by atoms with Crippen LogP contribution in [0.2, 0.25) is 0 Å². The molecule has 0 spiro atoms. The Kier molecular flexibility index (Phi) is 6.52. The summed E-state index contributed by atoms with van der Waals surface area (Å²) in [5.41, 5.74) is 3.76. The SMILES string of the molecule is [B]c1c([B])c([B])c2c(-c3ccccc3)c3c(O)c([B])c([B])c([B])c3c(-c3cccc4c3ccc3cc5ccccc5cc34)c2c1[B]. The first kappa shape index (κ1) is 28.8. The van der Waals surface area contributed by atoms with Crippen molar-refractivity contribution in [1.82, 2.24) is 0 Å². The van der Waals surface area contributed by atoms with Gasteiger partial charge in [-0.05, 0) is 77.3 Å². The van der Waals surface area contributed by atoms with E-state index < -0.39 is 0 Å². The van der Waals surface area contributed by atoms with Crippen molar-refractivity contribution in [3.63, 3.8) is 0 Å². The first-order valence-electron chi connectivity index (χ1n) is 14.8. The average molecular weight is 565 g/mol. The summed E-state index contributed by atoms with van der Waals surface area (Å²) in [4.78, 5) is 0. The molecule has 8 aromatic rings. The van der Waals surface area contributed by atoms with Crippen molar-refractivity contribution in [2.75, 3.05) is 0 Å². The predicted octanol–water partition coefficient (Wildman–Crippen LogP) is 2.05. The molecule has 1 nitrogen and oxygen atoms in total. The fourth-order valence-electron chi connectivity index (χ4n) is 7.06. The van der Waals surface area contributed by atoms with Gasteiger partial charge in [-0.1, -0.05) is 107 Å². The molecule has 0 fully saturated rings. The van der Waals surface area contributed by atoms with E-state index >= 15 is 0 Å². The molecule has 196 valence electrons. The molecule has 0 saturated heterocycles. The predicted molar refractivity (Wildman–Crippen MR) is 204 cm³/mol. The molecule has 1 N–H and O–H groups in total. The molecular weight excluding hydrogens is 548 g/mol. The number of benzene rings is 8. The molecule has 0 atom stereocenters. The van der Waals surface area contributed by atoms with Crippen LogP contribution in [0.25, 0.3) is 76.1 Å². The molecule has 0 saturated carbocycles. The third-order valence-corrected chi connectivity index (χ3v) is 9.33. The van der Waals surface area contributed by atoms with E-state index in [-0.39, 0.29) is 44.0 Å². The first-order valence-corrected chi connectivity index (χ1v) is 14.8. The van der Waals surface area contributed by atoms with Crippen molar-refractivity contribution >= 4 is 147 Å². The minimum absolute atomic E-state index is 0.0294. The molecule has 0 aliphatic carbocycles. The maximum Gasteiger partial charge on any atom is 0.118 e. The first-order chi connectivity index (χ1) is 22.2. The highest BCUT2D eigenvalue weighted by Crippen LogP contribution is 2.46. The topological polar surface area (TPSA) is 20.2 Å². The molecule has 46 heavy (non-hydrogen) atoms. The highest BCUT2D eigenvalue weighted by atomic mass is 16.3. The van der Waals surface area contributed by atoms with Crippen molar-refractivity contribution in [3.8, 4) is 28.0 Å². The van der Waals surface area contributed by atoms with Gasteiger partial charge in [-0.3, -0.25) is 0 Å². The zero-order valence-electron chi connectivity index (χ0n) is 24.7. The number of phenolic OH excluding ortho intramolecular Hbond substituents is 1. The number of phenols is 1. The summed E-state index contributed by atoms with van der Waals surface area (Å²) in [5.74, 6) is -0.214. The Balaban J connectivity index is 1.67. The minimum Gasteiger partial charge on any atom is -0.508 e. The molecule has 14 radical (unpaired) electrons. The van der Waals surface area contributed by atoms with Crippen LogP contribution in [-0.2, 0) is 0 Å². The molecule has 8 rings (SSSR count). The Hall–Kier alpha value is -4.69. The summed E-state index contributed by atoms with van der Waals surface area (Å²) in [6.45, 7) is 0. The summed E-state index contributed by atoms with van der Waals surface area (Å²) in [6, 6.07) is 32.5. The van der Waals surface area contributed by atoms with E-state index in [1.807, 2.05) is 54.6 Å². The molecule has 0 unspecified atom stereocenters. The Morgan fingerprint density at radius 3 is 1.61 bits per heavy atom. The zero-order chi connectivity index (χ0) is 32.0. The monoisotopic (exact) mass is 566 g/mol. The van der Waals surface area contributed by atoms with Crippen molar-refractivity contribution in [2.24, 2.45) is 0 Å². The van der Waals surface area contributed by atoms with Gasteiger partial charge in [0.15, 0.2) is 0 Å². The van der Waals surface area contributed by atoms with Gasteiger partial charge in [0, 0.05) is 10.9 Å². The molecule has 8 aromatic carbocycles. The molecule has 0 amide bonds. The van der Waals surface area contributed by atoms with Gasteiger partial charge in [0.25, 0.3) is 0 Å². The van der Waals surface area contributed by atoms with Crippen molar-refractivity contribution in [2.45, 2.75) is 0 Å². The van der Waals surface area contributed by atoms with E-state index in [1.165, 1.54) is 0 Å². The van der Waals surface area contributed by atoms with E-state index in [0.29, 0.717) is 32.7 Å². The number of aromatic hydroxyl groups is 1. The van der Waals surface area contributed by atoms with Crippen LogP contribution in [0.5, 0.6) is 5.75 Å². The number of rotatable bonds is 2. The van der Waals surface area contributed by atoms with Crippen LogP contribution in [0.1, 0.15) is 0 Å². The van der Waals surface area contributed by atoms with Crippen molar-refractivity contribution in [3.05, 3.63) is 97.1 Å². The van der Waals surface area contributed by atoms with Crippen LogP contribution in [0.4, 0.5) is 0 Å². The lowest BCUT2D eigenvalue weighted by atomic mass is 9.61. The number of fused-ring (bicyclic) bond motifs is 6. The van der Waals surface area contributed by atoms with E-state index in [2.05, 4.69) is 42.5 Å². The van der Waals surface area contributed by atoms with E-state index in [1.54, 1.807) is 0 Å². The van der Waals surface area contributed by atoms with E-state index in [9.17, 15) is 5.11 Å². The maximum atomic E-state index is 11.8. The smallest absolute Gasteiger partial charge is 0.118 e. The standard InChI is InChI=1S/C38H17B7O/c39-31-27-25(17-7-2-1-3-8-17)30-29(33(41)36(44)37(45)38(30)46)26(28(27)32(40)35(43)34(31)42)23-12-6-11-21-22(23)14-13-20-15-18-9-4-5-10-19(18)16-24(20)21/h1-16,46H. The quantitative estimate of drug-likeness (QED) is 0.194. The average Bonchev–Trinajstić information content (AvgIpc) is 3.09. The molecule has 0 heterocycles. The number of hydrogen-bond donors (Lipinski definition) is 1. The summed E-state index contributed by atoms with van der Waals surface area (Å²) in [5, 5.41) is 20.2. The molecular formula is C38H17B7O. The normalized spacial score (nSPS) is 11.7. The van der Waals surface area contributed by atoms with Crippen LogP contribution >= 0.6 is 0 Å². The Bertz CT molecular complexity index is 2530. The second kappa shape index (κ2) is 10.4. The van der Waals surface area contributed by atoms with Crippen molar-refractivity contribution in [1.29, 1.82) is 0 Å². The highest BCUT2D eigenvalue weighted by Gasteiger charge is 2.26. The molecule has 0 bridgehead atoms. The molecule has 8 heteroatoms. The van der Waals surface area contributed by atoms with Crippen LogP contribution in [0, 0.1) is 0 Å². The van der Waals surface area contributed by atoms with E-state index in [0.717, 1.165) is 43.4 Å². The lowest BCUT2D eigenvalue weighted by molar-refractivity contribution is 0.486. The van der Waals surface area contributed by atoms with Gasteiger partial charge in [0.05, 0.1) is 0 Å². The molecule has 0 aliphatic heterocycles. The van der Waals surface area contributed by atoms with Gasteiger partial charge in [0.1, 0.15) is 60.7 Å². The molecule has 0 aliphatic rings. The summed E-state index contributed by atoms with van der Waals surface area (Å²) in [6.07, 6.45) is 0. The Morgan fingerprint density at radius 2 is 0.935 bits per heavy atom. The summed E-state index contributed by atoms with van der Waals surface area (Å²) in [7, 11) is 46.5. The van der Waals surface area contributed by atoms with Crippen LogP contribution < -0.4 is 38.2 Å². The molecule has 0 aromatic heterocycles. The van der Waals surface area contributed by atoms with Gasteiger partial charge in [-0.2, -0.15) is 0 Å². The largest absolute Gasteiger partial charge is 0.508 e. The fraction of sp³-hybridized carbons (Fsp3) is 0. The van der Waals surface area contributed by atoms with Gasteiger partial charge < -0.3 is 5.11 Å². The third-order valence-electron chi connectivity index (χ3n) is 9.33. The van der Waals surface area contributed by atoms with Crippen LogP contribution in [0.15, 0.2) is 97.1 Å². The summed E-state index contributed by atoms with van der Waals surface area (Å²) >= 11 is 0. The van der Waals surface area contributed by atoms with E-state index in [4.69, 9.17) is 54.9 Å². The fourth-order valence-corrected chi connectivity index (χ4v) is 7.06. The Labute approximate surface area is 276 Å². The van der Waals surface area contributed by atoms with Crippen LogP contribution in [-0.4, -0.2) is 60.0 Å². The summed E-state index contributed by atoms with van der Waals surface area (Å²) < 4.78 is 0. The van der Waals surface area contributed by atoms with Crippen LogP contribution in [0.3, 0.4) is 0 Å². The van der Waals surface area contributed by atoms with Gasteiger partial charge in [-0.25, -0.2) is 0 Å².